The number of carbonyl (C=O) groups excluding carboxylic acids is 2. The third-order valence-electron chi connectivity index (χ3n) is 3.71. The highest BCUT2D eigenvalue weighted by atomic mass is 16.5. The summed E-state index contributed by atoms with van der Waals surface area (Å²) >= 11 is 0. The summed E-state index contributed by atoms with van der Waals surface area (Å²) in [6.45, 7) is 1.93. The number of hydrogen-bond acceptors (Lipinski definition) is 4. The summed E-state index contributed by atoms with van der Waals surface area (Å²) < 4.78 is 10.7. The van der Waals surface area contributed by atoms with Crippen molar-refractivity contribution < 1.29 is 18.7 Å². The van der Waals surface area contributed by atoms with Crippen LogP contribution in [0, 0.1) is 0 Å². The van der Waals surface area contributed by atoms with E-state index >= 15 is 0 Å². The molecule has 23 heavy (non-hydrogen) atoms. The van der Waals surface area contributed by atoms with E-state index in [0.717, 1.165) is 11.3 Å². The molecular formula is C17H18N2O4. The SMILES string of the molecule is C[C@H](NC(=O)[C@H]1Cc2ccccc2O1)C(=O)NCc1ccco1. The van der Waals surface area contributed by atoms with E-state index in [4.69, 9.17) is 9.15 Å². The Morgan fingerprint density at radius 1 is 1.26 bits per heavy atom. The van der Waals surface area contributed by atoms with Gasteiger partial charge in [-0.15, -0.1) is 0 Å². The lowest BCUT2D eigenvalue weighted by Gasteiger charge is -2.16. The number of furan rings is 1. The lowest BCUT2D eigenvalue weighted by atomic mass is 10.1. The number of ether oxygens (including phenoxy) is 1. The molecule has 6 heteroatoms. The third kappa shape index (κ3) is 3.53. The van der Waals surface area contributed by atoms with Gasteiger partial charge in [0.1, 0.15) is 17.6 Å². The van der Waals surface area contributed by atoms with E-state index in [9.17, 15) is 9.59 Å². The number of carbonyl (C=O) groups is 2. The minimum Gasteiger partial charge on any atom is -0.480 e. The van der Waals surface area contributed by atoms with Crippen molar-refractivity contribution in [1.82, 2.24) is 10.6 Å². The second-order valence-corrected chi connectivity index (χ2v) is 5.45. The maximum absolute atomic E-state index is 12.2. The summed E-state index contributed by atoms with van der Waals surface area (Å²) in [6.07, 6.45) is 1.47. The van der Waals surface area contributed by atoms with Gasteiger partial charge >= 0.3 is 0 Å². The molecule has 0 saturated heterocycles. The summed E-state index contributed by atoms with van der Waals surface area (Å²) in [5.74, 6) is 0.820. The lowest BCUT2D eigenvalue weighted by Crippen LogP contribution is -2.48. The fraction of sp³-hybridized carbons (Fsp3) is 0.294. The highest BCUT2D eigenvalue weighted by Crippen LogP contribution is 2.28. The van der Waals surface area contributed by atoms with Crippen molar-refractivity contribution >= 4 is 11.8 Å². The van der Waals surface area contributed by atoms with Crippen LogP contribution in [0.3, 0.4) is 0 Å². The smallest absolute Gasteiger partial charge is 0.262 e. The van der Waals surface area contributed by atoms with Crippen molar-refractivity contribution in [2.75, 3.05) is 0 Å². The molecule has 1 aliphatic rings. The predicted molar refractivity (Wildman–Crippen MR) is 82.7 cm³/mol. The van der Waals surface area contributed by atoms with Crippen molar-refractivity contribution in [3.8, 4) is 5.75 Å². The molecule has 0 fully saturated rings. The van der Waals surface area contributed by atoms with Gasteiger partial charge in [0.05, 0.1) is 12.8 Å². The van der Waals surface area contributed by atoms with E-state index in [-0.39, 0.29) is 18.4 Å². The van der Waals surface area contributed by atoms with Crippen molar-refractivity contribution in [2.45, 2.75) is 32.0 Å². The highest BCUT2D eigenvalue weighted by Gasteiger charge is 2.30. The Morgan fingerprint density at radius 3 is 2.83 bits per heavy atom. The van der Waals surface area contributed by atoms with Crippen molar-refractivity contribution in [3.05, 3.63) is 54.0 Å². The first kappa shape index (κ1) is 15.1. The largest absolute Gasteiger partial charge is 0.480 e. The van der Waals surface area contributed by atoms with E-state index in [1.54, 1.807) is 25.3 Å². The maximum Gasteiger partial charge on any atom is 0.262 e. The Hall–Kier alpha value is -2.76. The Kier molecular flexibility index (Phi) is 4.32. The normalized spacial score (nSPS) is 17.0. The van der Waals surface area contributed by atoms with Crippen LogP contribution < -0.4 is 15.4 Å². The number of para-hydroxylation sites is 1. The zero-order chi connectivity index (χ0) is 16.2. The van der Waals surface area contributed by atoms with Gasteiger partial charge in [0.2, 0.25) is 5.91 Å². The fourth-order valence-corrected chi connectivity index (χ4v) is 2.44. The van der Waals surface area contributed by atoms with Crippen LogP contribution in [0.1, 0.15) is 18.2 Å². The second kappa shape index (κ2) is 6.56. The molecule has 2 aromatic rings. The molecule has 0 aliphatic carbocycles. The molecule has 1 aliphatic heterocycles. The van der Waals surface area contributed by atoms with Gasteiger partial charge in [-0.1, -0.05) is 18.2 Å². The molecule has 0 saturated carbocycles. The number of nitrogens with one attached hydrogen (secondary N) is 2. The van der Waals surface area contributed by atoms with Crippen molar-refractivity contribution in [3.63, 3.8) is 0 Å². The molecule has 2 heterocycles. The van der Waals surface area contributed by atoms with Crippen LogP contribution in [-0.2, 0) is 22.6 Å². The second-order valence-electron chi connectivity index (χ2n) is 5.45. The van der Waals surface area contributed by atoms with E-state index in [0.29, 0.717) is 12.2 Å². The summed E-state index contributed by atoms with van der Waals surface area (Å²) in [5.41, 5.74) is 1.00. The van der Waals surface area contributed by atoms with Gasteiger partial charge in [0, 0.05) is 6.42 Å². The molecule has 1 aromatic carbocycles. The lowest BCUT2D eigenvalue weighted by molar-refractivity contribution is -0.132. The zero-order valence-corrected chi connectivity index (χ0v) is 12.7. The Labute approximate surface area is 133 Å². The molecule has 0 spiro atoms. The predicted octanol–water partition coefficient (Wildman–Crippen LogP) is 1.40. The molecule has 0 unspecified atom stereocenters. The van der Waals surface area contributed by atoms with Crippen molar-refractivity contribution in [2.24, 2.45) is 0 Å². The fourth-order valence-electron chi connectivity index (χ4n) is 2.44. The molecule has 0 bridgehead atoms. The van der Waals surface area contributed by atoms with E-state index in [1.165, 1.54) is 0 Å². The van der Waals surface area contributed by atoms with Gasteiger partial charge in [-0.2, -0.15) is 0 Å². The summed E-state index contributed by atoms with van der Waals surface area (Å²) in [5, 5.41) is 5.39. The van der Waals surface area contributed by atoms with Crippen LogP contribution in [0.2, 0.25) is 0 Å². The van der Waals surface area contributed by atoms with Gasteiger partial charge in [-0.05, 0) is 30.7 Å². The third-order valence-corrected chi connectivity index (χ3v) is 3.71. The number of rotatable bonds is 5. The van der Waals surface area contributed by atoms with Crippen LogP contribution >= 0.6 is 0 Å². The van der Waals surface area contributed by atoms with E-state index in [2.05, 4.69) is 10.6 Å². The van der Waals surface area contributed by atoms with Crippen LogP contribution in [0.4, 0.5) is 0 Å². The van der Waals surface area contributed by atoms with Gasteiger partial charge in [0.15, 0.2) is 6.10 Å². The number of amides is 2. The number of fused-ring (bicyclic) bond motifs is 1. The van der Waals surface area contributed by atoms with Crippen molar-refractivity contribution in [1.29, 1.82) is 0 Å². The summed E-state index contributed by atoms with van der Waals surface area (Å²) in [4.78, 5) is 24.2. The number of hydrogen-bond donors (Lipinski definition) is 2. The molecular weight excluding hydrogens is 296 g/mol. The zero-order valence-electron chi connectivity index (χ0n) is 12.7. The molecule has 120 valence electrons. The van der Waals surface area contributed by atoms with E-state index < -0.39 is 12.1 Å². The highest BCUT2D eigenvalue weighted by molar-refractivity contribution is 5.89. The number of benzene rings is 1. The quantitative estimate of drug-likeness (QED) is 0.874. The molecule has 2 atom stereocenters. The Bertz CT molecular complexity index is 671. The molecule has 1 aromatic heterocycles. The minimum atomic E-state index is -0.648. The molecule has 2 amide bonds. The van der Waals surface area contributed by atoms with Gasteiger partial charge in [-0.3, -0.25) is 9.59 Å². The molecule has 6 nitrogen and oxygen atoms in total. The maximum atomic E-state index is 12.2. The first-order valence-corrected chi connectivity index (χ1v) is 7.48. The molecule has 2 N–H and O–H groups in total. The average molecular weight is 314 g/mol. The Balaban J connectivity index is 1.49. The molecule has 0 radical (unpaired) electrons. The topological polar surface area (TPSA) is 80.6 Å². The van der Waals surface area contributed by atoms with Gasteiger partial charge < -0.3 is 19.8 Å². The van der Waals surface area contributed by atoms with Gasteiger partial charge in [-0.25, -0.2) is 0 Å². The monoisotopic (exact) mass is 314 g/mol. The van der Waals surface area contributed by atoms with E-state index in [1.807, 2.05) is 24.3 Å². The van der Waals surface area contributed by atoms with Crippen LogP contribution in [0.5, 0.6) is 5.75 Å². The van der Waals surface area contributed by atoms with Crippen LogP contribution in [-0.4, -0.2) is 24.0 Å². The van der Waals surface area contributed by atoms with Crippen LogP contribution in [0.15, 0.2) is 47.1 Å². The summed E-state index contributed by atoms with van der Waals surface area (Å²) in [6, 6.07) is 10.4. The molecule has 3 rings (SSSR count). The van der Waals surface area contributed by atoms with Gasteiger partial charge in [0.25, 0.3) is 5.91 Å². The standard InChI is InChI=1S/C17H18N2O4/c1-11(16(20)18-10-13-6-4-8-22-13)19-17(21)15-9-12-5-2-3-7-14(12)23-15/h2-8,11,15H,9-10H2,1H3,(H,18,20)(H,19,21)/t11-,15+/m0/s1. The first-order valence-electron chi connectivity index (χ1n) is 7.48. The first-order chi connectivity index (χ1) is 11.1. The summed E-state index contributed by atoms with van der Waals surface area (Å²) in [7, 11) is 0. The average Bonchev–Trinajstić information content (AvgIpc) is 3.21. The van der Waals surface area contributed by atoms with Crippen LogP contribution in [0.25, 0.3) is 0 Å². The minimum absolute atomic E-state index is 0.273. The Morgan fingerprint density at radius 2 is 2.09 bits per heavy atom.